The lowest BCUT2D eigenvalue weighted by molar-refractivity contribution is 0.319. The highest BCUT2D eigenvalue weighted by Gasteiger charge is 1.97. The van der Waals surface area contributed by atoms with Gasteiger partial charge in [-0.05, 0) is 19.1 Å². The van der Waals surface area contributed by atoms with Crippen LogP contribution in [0.25, 0.3) is 0 Å². The molecule has 1 rings (SSSR count). The molecule has 0 aliphatic heterocycles. The van der Waals surface area contributed by atoms with Gasteiger partial charge in [-0.3, -0.25) is 0 Å². The predicted molar refractivity (Wildman–Crippen MR) is 50.0 cm³/mol. The molecule has 0 unspecified atom stereocenters. The first-order valence-electron chi connectivity index (χ1n) is 3.74. The average Bonchev–Trinajstić information content (AvgIpc) is 2.17. The Labute approximate surface area is 71.7 Å². The molecule has 3 nitrogen and oxygen atoms in total. The standard InChI is InChI=1S/C9H12N2O/c1-7(11-12)8-4-3-5-9(6-8)10-2/h3-6,10,12H,1-2H3/b11-7+. The number of oxime groups is 1. The van der Waals surface area contributed by atoms with E-state index in [1.165, 1.54) is 0 Å². The van der Waals surface area contributed by atoms with Gasteiger partial charge in [0.1, 0.15) is 0 Å². The fraction of sp³-hybridized carbons (Fsp3) is 0.222. The SMILES string of the molecule is CNc1cccc(/C(C)=N/O)c1. The van der Waals surface area contributed by atoms with Crippen LogP contribution < -0.4 is 5.32 Å². The summed E-state index contributed by atoms with van der Waals surface area (Å²) >= 11 is 0. The Hall–Kier alpha value is -1.51. The van der Waals surface area contributed by atoms with Crippen molar-refractivity contribution in [3.63, 3.8) is 0 Å². The summed E-state index contributed by atoms with van der Waals surface area (Å²) in [4.78, 5) is 0. The maximum atomic E-state index is 8.52. The van der Waals surface area contributed by atoms with Crippen molar-refractivity contribution >= 4 is 11.4 Å². The Kier molecular flexibility index (Phi) is 2.69. The average molecular weight is 164 g/mol. The van der Waals surface area contributed by atoms with Crippen LogP contribution >= 0.6 is 0 Å². The molecule has 12 heavy (non-hydrogen) atoms. The smallest absolute Gasteiger partial charge is 0.0837 e. The Morgan fingerprint density at radius 1 is 1.50 bits per heavy atom. The summed E-state index contributed by atoms with van der Waals surface area (Å²) in [5, 5.41) is 14.7. The first-order chi connectivity index (χ1) is 5.77. The summed E-state index contributed by atoms with van der Waals surface area (Å²) in [6, 6.07) is 7.69. The molecule has 0 aromatic heterocycles. The third kappa shape index (κ3) is 1.75. The number of nitrogens with zero attached hydrogens (tertiary/aromatic N) is 1. The summed E-state index contributed by atoms with van der Waals surface area (Å²) in [6.45, 7) is 1.76. The molecule has 0 spiro atoms. The fourth-order valence-electron chi connectivity index (χ4n) is 0.957. The van der Waals surface area contributed by atoms with Crippen LogP contribution in [0.1, 0.15) is 12.5 Å². The van der Waals surface area contributed by atoms with Crippen molar-refractivity contribution in [3.8, 4) is 0 Å². The van der Waals surface area contributed by atoms with E-state index in [1.807, 2.05) is 31.3 Å². The van der Waals surface area contributed by atoms with Crippen molar-refractivity contribution in [2.45, 2.75) is 6.92 Å². The molecule has 1 aromatic rings. The van der Waals surface area contributed by atoms with Crippen molar-refractivity contribution in [1.29, 1.82) is 0 Å². The second-order valence-electron chi connectivity index (χ2n) is 2.52. The van der Waals surface area contributed by atoms with Gasteiger partial charge in [0.15, 0.2) is 0 Å². The van der Waals surface area contributed by atoms with Gasteiger partial charge in [0, 0.05) is 18.3 Å². The molecule has 0 bridgehead atoms. The van der Waals surface area contributed by atoms with E-state index in [2.05, 4.69) is 10.5 Å². The summed E-state index contributed by atoms with van der Waals surface area (Å²) in [5.41, 5.74) is 2.55. The number of hydrogen-bond donors (Lipinski definition) is 2. The van der Waals surface area contributed by atoms with Crippen molar-refractivity contribution in [1.82, 2.24) is 0 Å². The second kappa shape index (κ2) is 3.76. The van der Waals surface area contributed by atoms with Gasteiger partial charge in [0.25, 0.3) is 0 Å². The summed E-state index contributed by atoms with van der Waals surface area (Å²) in [5.74, 6) is 0. The van der Waals surface area contributed by atoms with Gasteiger partial charge in [-0.15, -0.1) is 0 Å². The molecule has 0 heterocycles. The van der Waals surface area contributed by atoms with E-state index in [4.69, 9.17) is 5.21 Å². The molecule has 0 saturated heterocycles. The molecule has 0 atom stereocenters. The molecular formula is C9H12N2O. The lowest BCUT2D eigenvalue weighted by atomic mass is 10.1. The molecule has 0 fully saturated rings. The predicted octanol–water partition coefficient (Wildman–Crippen LogP) is 1.93. The van der Waals surface area contributed by atoms with Gasteiger partial charge in [0.05, 0.1) is 5.71 Å². The van der Waals surface area contributed by atoms with Crippen LogP contribution in [0.2, 0.25) is 0 Å². The van der Waals surface area contributed by atoms with Gasteiger partial charge in [-0.25, -0.2) is 0 Å². The van der Waals surface area contributed by atoms with E-state index < -0.39 is 0 Å². The number of rotatable bonds is 2. The molecule has 64 valence electrons. The van der Waals surface area contributed by atoms with Gasteiger partial charge in [-0.2, -0.15) is 0 Å². The van der Waals surface area contributed by atoms with Gasteiger partial charge < -0.3 is 10.5 Å². The lowest BCUT2D eigenvalue weighted by Gasteiger charge is -2.02. The third-order valence-corrected chi connectivity index (χ3v) is 1.72. The minimum atomic E-state index is 0.618. The Morgan fingerprint density at radius 3 is 2.83 bits per heavy atom. The molecule has 1 aromatic carbocycles. The van der Waals surface area contributed by atoms with E-state index in [0.29, 0.717) is 5.71 Å². The minimum Gasteiger partial charge on any atom is -0.411 e. The molecule has 3 heteroatoms. The van der Waals surface area contributed by atoms with Crippen LogP contribution in [-0.4, -0.2) is 18.0 Å². The van der Waals surface area contributed by atoms with Crippen molar-refractivity contribution < 1.29 is 5.21 Å². The first kappa shape index (κ1) is 8.59. The van der Waals surface area contributed by atoms with Crippen LogP contribution in [-0.2, 0) is 0 Å². The van der Waals surface area contributed by atoms with E-state index in [9.17, 15) is 0 Å². The van der Waals surface area contributed by atoms with Crippen molar-refractivity contribution in [3.05, 3.63) is 29.8 Å². The van der Waals surface area contributed by atoms with E-state index in [1.54, 1.807) is 6.92 Å². The molecule has 0 amide bonds. The topological polar surface area (TPSA) is 44.6 Å². The van der Waals surface area contributed by atoms with Gasteiger partial charge in [0.2, 0.25) is 0 Å². The van der Waals surface area contributed by atoms with Crippen LogP contribution in [0.5, 0.6) is 0 Å². The highest BCUT2D eigenvalue weighted by molar-refractivity contribution is 5.98. The van der Waals surface area contributed by atoms with Crippen LogP contribution in [0.3, 0.4) is 0 Å². The first-order valence-corrected chi connectivity index (χ1v) is 3.74. The maximum absolute atomic E-state index is 8.52. The Morgan fingerprint density at radius 2 is 2.25 bits per heavy atom. The maximum Gasteiger partial charge on any atom is 0.0837 e. The molecule has 0 radical (unpaired) electrons. The van der Waals surface area contributed by atoms with Crippen LogP contribution in [0, 0.1) is 0 Å². The Bertz CT molecular complexity index is 294. The minimum absolute atomic E-state index is 0.618. The normalized spacial score (nSPS) is 11.3. The molecule has 2 N–H and O–H groups in total. The highest BCUT2D eigenvalue weighted by atomic mass is 16.4. The zero-order chi connectivity index (χ0) is 8.97. The zero-order valence-corrected chi connectivity index (χ0v) is 7.20. The fourth-order valence-corrected chi connectivity index (χ4v) is 0.957. The van der Waals surface area contributed by atoms with E-state index in [0.717, 1.165) is 11.3 Å². The zero-order valence-electron chi connectivity index (χ0n) is 7.20. The van der Waals surface area contributed by atoms with Crippen molar-refractivity contribution in [2.75, 3.05) is 12.4 Å². The van der Waals surface area contributed by atoms with E-state index in [-0.39, 0.29) is 0 Å². The highest BCUT2D eigenvalue weighted by Crippen LogP contribution is 2.10. The van der Waals surface area contributed by atoms with Gasteiger partial charge >= 0.3 is 0 Å². The van der Waals surface area contributed by atoms with Crippen LogP contribution in [0.15, 0.2) is 29.4 Å². The van der Waals surface area contributed by atoms with E-state index >= 15 is 0 Å². The quantitative estimate of drug-likeness (QED) is 0.398. The second-order valence-corrected chi connectivity index (χ2v) is 2.52. The molecular weight excluding hydrogens is 152 g/mol. The molecule has 0 aliphatic carbocycles. The van der Waals surface area contributed by atoms with Gasteiger partial charge in [-0.1, -0.05) is 17.3 Å². The van der Waals surface area contributed by atoms with Crippen LogP contribution in [0.4, 0.5) is 5.69 Å². The Balaban J connectivity index is 3.02. The summed E-state index contributed by atoms with van der Waals surface area (Å²) in [6.07, 6.45) is 0. The largest absolute Gasteiger partial charge is 0.411 e. The number of anilines is 1. The summed E-state index contributed by atoms with van der Waals surface area (Å²) in [7, 11) is 1.85. The monoisotopic (exact) mass is 164 g/mol. The number of hydrogen-bond acceptors (Lipinski definition) is 3. The molecule has 0 aliphatic rings. The third-order valence-electron chi connectivity index (χ3n) is 1.72. The number of benzene rings is 1. The van der Waals surface area contributed by atoms with Crippen molar-refractivity contribution in [2.24, 2.45) is 5.16 Å². The number of nitrogens with one attached hydrogen (secondary N) is 1. The molecule has 0 saturated carbocycles. The lowest BCUT2D eigenvalue weighted by Crippen LogP contribution is -1.96. The summed E-state index contributed by atoms with van der Waals surface area (Å²) < 4.78 is 0.